The van der Waals surface area contributed by atoms with Crippen molar-refractivity contribution in [3.8, 4) is 0 Å². The van der Waals surface area contributed by atoms with E-state index in [9.17, 15) is 4.79 Å². The smallest absolute Gasteiger partial charge is 0.317 e. The van der Waals surface area contributed by atoms with Crippen molar-refractivity contribution in [2.45, 2.75) is 45.4 Å². The van der Waals surface area contributed by atoms with Gasteiger partial charge in [-0.25, -0.2) is 0 Å². The van der Waals surface area contributed by atoms with Gasteiger partial charge in [0, 0.05) is 12.3 Å². The van der Waals surface area contributed by atoms with Gasteiger partial charge in [-0.15, -0.1) is 0 Å². The van der Waals surface area contributed by atoms with Crippen LogP contribution in [0.15, 0.2) is 41.7 Å². The average molecular weight is 256 g/mol. The molecule has 0 amide bonds. The molecule has 2 nitrogen and oxygen atoms in total. The Morgan fingerprint density at radius 2 is 1.79 bits per heavy atom. The Balaban J connectivity index is 2.13. The third-order valence-electron chi connectivity index (χ3n) is 4.40. The molecule has 1 aliphatic carbocycles. The minimum absolute atomic E-state index is 0.0815. The molecule has 100 valence electrons. The molecular weight excluding hydrogens is 236 g/mol. The van der Waals surface area contributed by atoms with Crippen LogP contribution in [0, 0.1) is 5.41 Å². The van der Waals surface area contributed by atoms with Crippen LogP contribution in [0.25, 0.3) is 0 Å². The number of hydrogen-bond acceptors (Lipinski definition) is 2. The number of carbonyl (C=O) groups is 1. The summed E-state index contributed by atoms with van der Waals surface area (Å²) in [6.45, 7) is 4.01. The summed E-state index contributed by atoms with van der Waals surface area (Å²) >= 11 is 0. The summed E-state index contributed by atoms with van der Waals surface area (Å²) < 4.78 is 5.60. The van der Waals surface area contributed by atoms with Gasteiger partial charge in [0.2, 0.25) is 0 Å². The van der Waals surface area contributed by atoms with Crippen molar-refractivity contribution >= 4 is 5.97 Å². The Hall–Kier alpha value is -1.57. The highest BCUT2D eigenvalue weighted by molar-refractivity contribution is 5.81. The van der Waals surface area contributed by atoms with Gasteiger partial charge in [0.05, 0.1) is 5.41 Å². The van der Waals surface area contributed by atoms with Crippen LogP contribution in [0.2, 0.25) is 0 Å². The van der Waals surface area contributed by atoms with E-state index in [1.54, 1.807) is 0 Å². The van der Waals surface area contributed by atoms with E-state index < -0.39 is 5.41 Å². The summed E-state index contributed by atoms with van der Waals surface area (Å²) in [5.41, 5.74) is 2.11. The summed E-state index contributed by atoms with van der Waals surface area (Å²) in [6.07, 6.45) is 4.32. The number of rotatable bonds is 1. The minimum Gasteiger partial charge on any atom is -0.431 e. The monoisotopic (exact) mass is 256 g/mol. The van der Waals surface area contributed by atoms with Crippen molar-refractivity contribution in [3.05, 3.63) is 47.2 Å². The lowest BCUT2D eigenvalue weighted by Gasteiger charge is -2.41. The summed E-state index contributed by atoms with van der Waals surface area (Å²) in [5.74, 6) is 1.04. The molecule has 2 heteroatoms. The lowest BCUT2D eigenvalue weighted by Crippen LogP contribution is -2.39. The maximum atomic E-state index is 12.3. The van der Waals surface area contributed by atoms with Crippen molar-refractivity contribution < 1.29 is 9.53 Å². The first-order chi connectivity index (χ1) is 9.10. The van der Waals surface area contributed by atoms with Crippen LogP contribution < -0.4 is 0 Å². The fourth-order valence-electron chi connectivity index (χ4n) is 3.38. The second kappa shape index (κ2) is 4.52. The van der Waals surface area contributed by atoms with Gasteiger partial charge in [-0.2, -0.15) is 0 Å². The van der Waals surface area contributed by atoms with Gasteiger partial charge in [0.25, 0.3) is 0 Å². The lowest BCUT2D eigenvalue weighted by atomic mass is 9.67. The van der Waals surface area contributed by atoms with Crippen molar-refractivity contribution in [2.24, 2.45) is 5.41 Å². The van der Waals surface area contributed by atoms with E-state index in [1.165, 1.54) is 17.6 Å². The van der Waals surface area contributed by atoms with Gasteiger partial charge in [-0.05, 0) is 44.2 Å². The van der Waals surface area contributed by atoms with E-state index in [-0.39, 0.29) is 11.9 Å². The molecule has 0 unspecified atom stereocenters. The molecule has 0 aromatic heterocycles. The third-order valence-corrected chi connectivity index (χ3v) is 4.40. The summed E-state index contributed by atoms with van der Waals surface area (Å²) in [7, 11) is 0. The van der Waals surface area contributed by atoms with E-state index in [0.29, 0.717) is 0 Å². The largest absolute Gasteiger partial charge is 0.431 e. The Morgan fingerprint density at radius 1 is 1.11 bits per heavy atom. The zero-order valence-electron chi connectivity index (χ0n) is 11.6. The van der Waals surface area contributed by atoms with Crippen molar-refractivity contribution in [1.29, 1.82) is 0 Å². The van der Waals surface area contributed by atoms with Gasteiger partial charge >= 0.3 is 5.97 Å². The Bertz CT molecular complexity index is 525. The van der Waals surface area contributed by atoms with E-state index in [4.69, 9.17) is 4.74 Å². The van der Waals surface area contributed by atoms with Gasteiger partial charge in [0.15, 0.2) is 0 Å². The molecule has 3 rings (SSSR count). The maximum Gasteiger partial charge on any atom is 0.317 e. The van der Waals surface area contributed by atoms with Crippen LogP contribution in [0.4, 0.5) is 0 Å². The fourth-order valence-corrected chi connectivity index (χ4v) is 3.38. The SMILES string of the molecule is CC1(C)C(=O)OC2=C(CCCC2)[C@H]1c1ccccc1. The molecule has 19 heavy (non-hydrogen) atoms. The standard InChI is InChI=1S/C17H20O2/c1-17(2)15(12-8-4-3-5-9-12)13-10-6-7-11-14(13)19-16(17)18/h3-5,8-9,15H,6-7,10-11H2,1-2H3/t15-/m1/s1. The number of ether oxygens (including phenoxy) is 1. The maximum absolute atomic E-state index is 12.3. The van der Waals surface area contributed by atoms with Crippen molar-refractivity contribution in [3.63, 3.8) is 0 Å². The molecule has 0 saturated carbocycles. The van der Waals surface area contributed by atoms with E-state index in [0.717, 1.165) is 25.0 Å². The topological polar surface area (TPSA) is 26.3 Å². The molecule has 0 radical (unpaired) electrons. The van der Waals surface area contributed by atoms with Gasteiger partial charge in [-0.1, -0.05) is 30.3 Å². The van der Waals surface area contributed by atoms with E-state index in [1.807, 2.05) is 19.9 Å². The molecule has 0 N–H and O–H groups in total. The normalized spacial score (nSPS) is 25.8. The Morgan fingerprint density at radius 3 is 2.53 bits per heavy atom. The van der Waals surface area contributed by atoms with E-state index >= 15 is 0 Å². The minimum atomic E-state index is -0.475. The van der Waals surface area contributed by atoms with Crippen LogP contribution in [-0.2, 0) is 9.53 Å². The highest BCUT2D eigenvalue weighted by atomic mass is 16.5. The Kier molecular flexibility index (Phi) is 2.96. The zero-order chi connectivity index (χ0) is 13.5. The average Bonchev–Trinajstić information content (AvgIpc) is 2.41. The Labute approximate surface area is 114 Å². The number of benzene rings is 1. The number of allylic oxidation sites excluding steroid dienone is 2. The zero-order valence-corrected chi connectivity index (χ0v) is 11.6. The highest BCUT2D eigenvalue weighted by Gasteiger charge is 2.46. The predicted molar refractivity (Wildman–Crippen MR) is 74.6 cm³/mol. The molecule has 1 heterocycles. The second-order valence-electron chi connectivity index (χ2n) is 6.11. The number of esters is 1. The van der Waals surface area contributed by atoms with Crippen molar-refractivity contribution in [1.82, 2.24) is 0 Å². The van der Waals surface area contributed by atoms with Crippen LogP contribution in [-0.4, -0.2) is 5.97 Å². The van der Waals surface area contributed by atoms with E-state index in [2.05, 4.69) is 24.3 Å². The fraction of sp³-hybridized carbons (Fsp3) is 0.471. The number of hydrogen-bond donors (Lipinski definition) is 0. The summed E-state index contributed by atoms with van der Waals surface area (Å²) in [5, 5.41) is 0. The molecule has 0 saturated heterocycles. The second-order valence-corrected chi connectivity index (χ2v) is 6.11. The van der Waals surface area contributed by atoms with Gasteiger partial charge in [-0.3, -0.25) is 4.79 Å². The molecule has 1 aromatic rings. The van der Waals surface area contributed by atoms with Crippen LogP contribution >= 0.6 is 0 Å². The predicted octanol–water partition coefficient (Wildman–Crippen LogP) is 4.18. The summed E-state index contributed by atoms with van der Waals surface area (Å²) in [6, 6.07) is 10.4. The first-order valence-corrected chi connectivity index (χ1v) is 7.10. The van der Waals surface area contributed by atoms with Crippen LogP contribution in [0.3, 0.4) is 0 Å². The molecule has 1 aliphatic heterocycles. The highest BCUT2D eigenvalue weighted by Crippen LogP contribution is 2.50. The van der Waals surface area contributed by atoms with Crippen LogP contribution in [0.1, 0.15) is 51.0 Å². The van der Waals surface area contributed by atoms with Crippen molar-refractivity contribution in [2.75, 3.05) is 0 Å². The molecule has 1 atom stereocenters. The van der Waals surface area contributed by atoms with Gasteiger partial charge < -0.3 is 4.74 Å². The molecule has 2 aliphatic rings. The third kappa shape index (κ3) is 1.99. The summed E-state index contributed by atoms with van der Waals surface area (Å²) in [4.78, 5) is 12.3. The first kappa shape index (κ1) is 12.5. The van der Waals surface area contributed by atoms with Crippen LogP contribution in [0.5, 0.6) is 0 Å². The molecule has 1 aromatic carbocycles. The molecular formula is C17H20O2. The quantitative estimate of drug-likeness (QED) is 0.704. The lowest BCUT2D eigenvalue weighted by molar-refractivity contribution is -0.153. The molecule has 0 spiro atoms. The number of carbonyl (C=O) groups excluding carboxylic acids is 1. The molecule has 0 bridgehead atoms. The molecule has 0 fully saturated rings. The first-order valence-electron chi connectivity index (χ1n) is 7.10. The van der Waals surface area contributed by atoms with Gasteiger partial charge in [0.1, 0.15) is 5.76 Å².